The van der Waals surface area contributed by atoms with Crippen LogP contribution in [0.25, 0.3) is 0 Å². The predicted molar refractivity (Wildman–Crippen MR) is 111 cm³/mol. The van der Waals surface area contributed by atoms with E-state index >= 15 is 0 Å². The van der Waals surface area contributed by atoms with E-state index in [2.05, 4.69) is 58.4 Å². The first kappa shape index (κ1) is 23.4. The van der Waals surface area contributed by atoms with Crippen molar-refractivity contribution in [1.82, 2.24) is 30.3 Å². The first-order valence-electron chi connectivity index (χ1n) is 9.98. The number of hydrogen-bond donors (Lipinski definition) is 2. The number of nitrogens with zero attached hydrogens (tertiary/aromatic N) is 5. The summed E-state index contributed by atoms with van der Waals surface area (Å²) in [5.74, 6) is 2.56. The molecule has 0 aliphatic carbocycles. The summed E-state index contributed by atoms with van der Waals surface area (Å²) in [6.07, 6.45) is 2.01. The Morgan fingerprint density at radius 1 is 1.11 bits per heavy atom. The molecule has 1 aromatic heterocycles. The highest BCUT2D eigenvalue weighted by Crippen LogP contribution is 2.05. The highest BCUT2D eigenvalue weighted by atomic mass is 16.5. The van der Waals surface area contributed by atoms with Gasteiger partial charge in [0.05, 0.1) is 0 Å². The van der Waals surface area contributed by atoms with Crippen molar-refractivity contribution in [3.63, 3.8) is 0 Å². The fraction of sp³-hybridized carbons (Fsp3) is 0.842. The zero-order valence-electron chi connectivity index (χ0n) is 18.2. The van der Waals surface area contributed by atoms with Crippen LogP contribution < -0.4 is 10.6 Å². The molecular weight excluding hydrogens is 342 g/mol. The molecule has 8 heteroatoms. The summed E-state index contributed by atoms with van der Waals surface area (Å²) in [4.78, 5) is 7.18. The molecule has 0 saturated carbocycles. The Balaban J connectivity index is 2.55. The van der Waals surface area contributed by atoms with Gasteiger partial charge in [0, 0.05) is 52.5 Å². The number of aromatic nitrogens is 3. The number of methoxy groups -OCH3 is 1. The average Bonchev–Trinajstić information content (AvgIpc) is 2.93. The van der Waals surface area contributed by atoms with Crippen molar-refractivity contribution in [2.75, 3.05) is 33.4 Å². The van der Waals surface area contributed by atoms with Gasteiger partial charge >= 0.3 is 0 Å². The van der Waals surface area contributed by atoms with Crippen molar-refractivity contribution in [2.45, 2.75) is 66.1 Å². The van der Waals surface area contributed by atoms with Crippen molar-refractivity contribution < 1.29 is 4.74 Å². The third-order valence-corrected chi connectivity index (χ3v) is 4.59. The standard InChI is InChI=1S/C19H39N7O/c1-15(2)26(16(3)4)12-8-10-20-19(21-11-9-13-27-7)22-14-18-24-23-17(5)25(18)6/h15-16H,8-14H2,1-7H3,(H2,20,21,22). The second-order valence-electron chi connectivity index (χ2n) is 7.37. The molecule has 0 aromatic carbocycles. The fourth-order valence-electron chi connectivity index (χ4n) is 2.92. The SMILES string of the molecule is COCCCNC(=NCc1nnc(C)n1C)NCCCN(C(C)C)C(C)C. The van der Waals surface area contributed by atoms with Crippen LogP contribution in [0.3, 0.4) is 0 Å². The lowest BCUT2D eigenvalue weighted by atomic mass is 10.2. The Kier molecular flexibility index (Phi) is 11.0. The zero-order chi connectivity index (χ0) is 20.2. The molecular formula is C19H39N7O. The number of ether oxygens (including phenoxy) is 1. The molecule has 0 unspecified atom stereocenters. The summed E-state index contributed by atoms with van der Waals surface area (Å²) < 4.78 is 7.08. The minimum absolute atomic E-state index is 0.501. The van der Waals surface area contributed by atoms with Gasteiger partial charge in [-0.25, -0.2) is 4.99 Å². The van der Waals surface area contributed by atoms with Gasteiger partial charge in [0.25, 0.3) is 0 Å². The number of hydrogen-bond acceptors (Lipinski definition) is 5. The minimum Gasteiger partial charge on any atom is -0.385 e. The zero-order valence-corrected chi connectivity index (χ0v) is 18.2. The van der Waals surface area contributed by atoms with Crippen LogP contribution in [-0.4, -0.2) is 71.1 Å². The van der Waals surface area contributed by atoms with E-state index in [1.165, 1.54) is 0 Å². The molecule has 0 saturated heterocycles. The van der Waals surface area contributed by atoms with E-state index in [-0.39, 0.29) is 0 Å². The highest BCUT2D eigenvalue weighted by molar-refractivity contribution is 5.79. The van der Waals surface area contributed by atoms with Gasteiger partial charge in [-0.1, -0.05) is 0 Å². The van der Waals surface area contributed by atoms with E-state index in [0.717, 1.165) is 56.7 Å². The first-order chi connectivity index (χ1) is 12.9. The van der Waals surface area contributed by atoms with Gasteiger partial charge in [-0.2, -0.15) is 0 Å². The van der Waals surface area contributed by atoms with Crippen molar-refractivity contribution in [1.29, 1.82) is 0 Å². The summed E-state index contributed by atoms with van der Waals surface area (Å²) in [6.45, 7) is 15.0. The smallest absolute Gasteiger partial charge is 0.191 e. The van der Waals surface area contributed by atoms with Gasteiger partial charge < -0.3 is 19.9 Å². The fourth-order valence-corrected chi connectivity index (χ4v) is 2.92. The lowest BCUT2D eigenvalue weighted by molar-refractivity contribution is 0.173. The van der Waals surface area contributed by atoms with Crippen molar-refractivity contribution >= 4 is 5.96 Å². The van der Waals surface area contributed by atoms with Gasteiger partial charge in [0.15, 0.2) is 11.8 Å². The maximum absolute atomic E-state index is 5.11. The molecule has 0 atom stereocenters. The van der Waals surface area contributed by atoms with Crippen LogP contribution in [0.4, 0.5) is 0 Å². The topological polar surface area (TPSA) is 79.6 Å². The van der Waals surface area contributed by atoms with Crippen LogP contribution in [0.5, 0.6) is 0 Å². The van der Waals surface area contributed by atoms with E-state index in [0.29, 0.717) is 18.6 Å². The van der Waals surface area contributed by atoms with Gasteiger partial charge in [-0.05, 0) is 47.5 Å². The molecule has 0 radical (unpaired) electrons. The van der Waals surface area contributed by atoms with Gasteiger partial charge in [-0.15, -0.1) is 10.2 Å². The van der Waals surface area contributed by atoms with Crippen molar-refractivity contribution in [2.24, 2.45) is 12.0 Å². The van der Waals surface area contributed by atoms with Crippen LogP contribution in [0.1, 0.15) is 52.2 Å². The Labute approximate surface area is 164 Å². The summed E-state index contributed by atoms with van der Waals surface area (Å²) in [7, 11) is 3.69. The van der Waals surface area contributed by atoms with Crippen LogP contribution in [0, 0.1) is 6.92 Å². The van der Waals surface area contributed by atoms with Crippen LogP contribution in [0.15, 0.2) is 4.99 Å². The third kappa shape index (κ3) is 8.71. The Morgan fingerprint density at radius 2 is 1.74 bits per heavy atom. The summed E-state index contributed by atoms with van der Waals surface area (Å²) in [5, 5.41) is 15.1. The molecule has 0 bridgehead atoms. The second-order valence-corrected chi connectivity index (χ2v) is 7.37. The molecule has 1 aromatic rings. The van der Waals surface area contributed by atoms with E-state index < -0.39 is 0 Å². The number of nitrogens with one attached hydrogen (secondary N) is 2. The van der Waals surface area contributed by atoms with Gasteiger partial charge in [-0.3, -0.25) is 4.90 Å². The summed E-state index contributed by atoms with van der Waals surface area (Å²) in [5.41, 5.74) is 0. The predicted octanol–water partition coefficient (Wildman–Crippen LogP) is 1.70. The minimum atomic E-state index is 0.501. The van der Waals surface area contributed by atoms with Gasteiger partial charge in [0.2, 0.25) is 0 Å². The monoisotopic (exact) mass is 381 g/mol. The molecule has 0 spiro atoms. The average molecular weight is 382 g/mol. The molecule has 1 rings (SSSR count). The molecule has 156 valence electrons. The number of guanidine groups is 1. The number of aliphatic imine (C=N–C) groups is 1. The molecule has 0 fully saturated rings. The largest absolute Gasteiger partial charge is 0.385 e. The Bertz CT molecular complexity index is 546. The van der Waals surface area contributed by atoms with Crippen LogP contribution in [0.2, 0.25) is 0 Å². The first-order valence-corrected chi connectivity index (χ1v) is 9.98. The van der Waals surface area contributed by atoms with Crippen LogP contribution in [-0.2, 0) is 18.3 Å². The number of aryl methyl sites for hydroxylation is 1. The maximum atomic E-state index is 5.11. The lowest BCUT2D eigenvalue weighted by Gasteiger charge is -2.30. The maximum Gasteiger partial charge on any atom is 0.191 e. The van der Waals surface area contributed by atoms with Crippen LogP contribution >= 0.6 is 0 Å². The molecule has 27 heavy (non-hydrogen) atoms. The van der Waals surface area contributed by atoms with Crippen molar-refractivity contribution in [3.05, 3.63) is 11.6 Å². The third-order valence-electron chi connectivity index (χ3n) is 4.59. The van der Waals surface area contributed by atoms with E-state index in [4.69, 9.17) is 4.74 Å². The molecule has 2 N–H and O–H groups in total. The molecule has 0 aliphatic heterocycles. The lowest BCUT2D eigenvalue weighted by Crippen LogP contribution is -2.41. The number of rotatable bonds is 12. The molecule has 0 aliphatic rings. The normalized spacial score (nSPS) is 12.4. The molecule has 1 heterocycles. The van der Waals surface area contributed by atoms with E-state index in [1.807, 2.05) is 18.5 Å². The molecule has 0 amide bonds. The van der Waals surface area contributed by atoms with E-state index in [1.54, 1.807) is 7.11 Å². The summed E-state index contributed by atoms with van der Waals surface area (Å²) >= 11 is 0. The van der Waals surface area contributed by atoms with E-state index in [9.17, 15) is 0 Å². The highest BCUT2D eigenvalue weighted by Gasteiger charge is 2.12. The summed E-state index contributed by atoms with van der Waals surface area (Å²) in [6, 6.07) is 1.12. The quantitative estimate of drug-likeness (QED) is 0.326. The molecule has 8 nitrogen and oxygen atoms in total. The van der Waals surface area contributed by atoms with Gasteiger partial charge in [0.1, 0.15) is 12.4 Å². The van der Waals surface area contributed by atoms with Crippen molar-refractivity contribution in [3.8, 4) is 0 Å². The second kappa shape index (κ2) is 12.7. The Hall–Kier alpha value is -1.67. The Morgan fingerprint density at radius 3 is 2.26 bits per heavy atom.